The van der Waals surface area contributed by atoms with Crippen molar-refractivity contribution in [3.8, 4) is 0 Å². The molecule has 0 spiro atoms. The Hall–Kier alpha value is -2.15. The van der Waals surface area contributed by atoms with Gasteiger partial charge in [-0.15, -0.1) is 10.2 Å². The number of ketones is 1. The number of aryl methyl sites for hydroxylation is 2. The standard InChI is InChI=1S/C17H20N4O2S/c1-9-8-10(13-11(18-9)6-5-7-12(13)22)14(23)19-16-21-20-15(24-16)17(2,3)4/h8H,5-7H2,1-4H3,(H,19,21,23). The SMILES string of the molecule is Cc1cc(C(=O)Nc2nnc(C(C)(C)C)s2)c2c(n1)CCCC2=O. The third-order valence-electron chi connectivity index (χ3n) is 3.85. The summed E-state index contributed by atoms with van der Waals surface area (Å²) in [5, 5.41) is 12.2. The van der Waals surface area contributed by atoms with Gasteiger partial charge in [-0.2, -0.15) is 0 Å². The fraction of sp³-hybridized carbons (Fsp3) is 0.471. The number of carbonyl (C=O) groups is 2. The summed E-state index contributed by atoms with van der Waals surface area (Å²) in [6.07, 6.45) is 1.98. The average Bonchev–Trinajstić information content (AvgIpc) is 2.95. The Morgan fingerprint density at radius 1 is 1.25 bits per heavy atom. The van der Waals surface area contributed by atoms with E-state index in [9.17, 15) is 9.59 Å². The molecule has 0 fully saturated rings. The number of anilines is 1. The van der Waals surface area contributed by atoms with E-state index in [2.05, 4.69) is 20.5 Å². The number of pyridine rings is 1. The van der Waals surface area contributed by atoms with Gasteiger partial charge in [-0.25, -0.2) is 0 Å². The van der Waals surface area contributed by atoms with Crippen molar-refractivity contribution in [2.45, 2.75) is 52.4 Å². The summed E-state index contributed by atoms with van der Waals surface area (Å²) in [5.74, 6) is -0.342. The van der Waals surface area contributed by atoms with Crippen LogP contribution >= 0.6 is 11.3 Å². The number of aromatic nitrogens is 3. The number of nitrogens with one attached hydrogen (secondary N) is 1. The van der Waals surface area contributed by atoms with Crippen LogP contribution in [0.15, 0.2) is 6.07 Å². The fourth-order valence-electron chi connectivity index (χ4n) is 2.69. The molecule has 1 N–H and O–H groups in total. The lowest BCUT2D eigenvalue weighted by atomic mass is 9.90. The highest BCUT2D eigenvalue weighted by Crippen LogP contribution is 2.29. The highest BCUT2D eigenvalue weighted by Gasteiger charge is 2.27. The Morgan fingerprint density at radius 3 is 2.67 bits per heavy atom. The maximum Gasteiger partial charge on any atom is 0.258 e. The zero-order chi connectivity index (χ0) is 17.5. The second-order valence-corrected chi connectivity index (χ2v) is 8.00. The normalized spacial score (nSPS) is 14.4. The van der Waals surface area contributed by atoms with Crippen LogP contribution in [0.3, 0.4) is 0 Å². The number of rotatable bonds is 2. The molecule has 1 amide bonds. The molecule has 0 aliphatic heterocycles. The van der Waals surface area contributed by atoms with E-state index < -0.39 is 0 Å². The zero-order valence-corrected chi connectivity index (χ0v) is 15.1. The van der Waals surface area contributed by atoms with Crippen molar-refractivity contribution in [1.29, 1.82) is 0 Å². The molecule has 2 heterocycles. The highest BCUT2D eigenvalue weighted by atomic mass is 32.1. The predicted octanol–water partition coefficient (Wildman–Crippen LogP) is 3.31. The van der Waals surface area contributed by atoms with Gasteiger partial charge in [0.15, 0.2) is 5.78 Å². The topological polar surface area (TPSA) is 84.8 Å². The molecule has 0 bridgehead atoms. The van der Waals surface area contributed by atoms with Crippen LogP contribution in [0.1, 0.15) is 70.7 Å². The summed E-state index contributed by atoms with van der Waals surface area (Å²) in [4.78, 5) is 29.4. The molecule has 0 unspecified atom stereocenters. The Bertz CT molecular complexity index is 820. The number of hydrogen-bond acceptors (Lipinski definition) is 6. The van der Waals surface area contributed by atoms with E-state index in [1.165, 1.54) is 11.3 Å². The maximum atomic E-state index is 12.7. The summed E-state index contributed by atoms with van der Waals surface area (Å²) in [6.45, 7) is 7.96. The molecule has 2 aromatic rings. The molecule has 0 saturated heterocycles. The third kappa shape index (κ3) is 3.21. The van der Waals surface area contributed by atoms with Crippen LogP contribution in [0.2, 0.25) is 0 Å². The number of hydrogen-bond donors (Lipinski definition) is 1. The van der Waals surface area contributed by atoms with Crippen molar-refractivity contribution in [3.63, 3.8) is 0 Å². The minimum Gasteiger partial charge on any atom is -0.296 e. The van der Waals surface area contributed by atoms with Crippen molar-refractivity contribution in [3.05, 3.63) is 33.6 Å². The van der Waals surface area contributed by atoms with E-state index in [0.29, 0.717) is 22.7 Å². The van der Waals surface area contributed by atoms with Crippen LogP contribution in [0.25, 0.3) is 0 Å². The van der Waals surface area contributed by atoms with Gasteiger partial charge in [0.1, 0.15) is 5.01 Å². The Balaban J connectivity index is 1.92. The molecule has 2 aromatic heterocycles. The molecule has 0 aromatic carbocycles. The maximum absolute atomic E-state index is 12.7. The summed E-state index contributed by atoms with van der Waals surface area (Å²) in [6, 6.07) is 1.67. The zero-order valence-electron chi connectivity index (χ0n) is 14.3. The molecular formula is C17H20N4O2S. The van der Waals surface area contributed by atoms with Gasteiger partial charge < -0.3 is 0 Å². The second-order valence-electron chi connectivity index (χ2n) is 7.03. The fourth-order valence-corrected chi connectivity index (χ4v) is 3.49. The molecule has 0 radical (unpaired) electrons. The summed E-state index contributed by atoms with van der Waals surface area (Å²) >= 11 is 1.35. The largest absolute Gasteiger partial charge is 0.296 e. The van der Waals surface area contributed by atoms with Crippen LogP contribution in [-0.4, -0.2) is 26.9 Å². The van der Waals surface area contributed by atoms with Crippen LogP contribution in [0.5, 0.6) is 0 Å². The summed E-state index contributed by atoms with van der Waals surface area (Å²) in [5.41, 5.74) is 2.19. The molecule has 6 nitrogen and oxygen atoms in total. The number of Topliss-reactive ketones (excluding diaryl/α,β-unsaturated/α-hetero) is 1. The van der Waals surface area contributed by atoms with Gasteiger partial charge in [-0.1, -0.05) is 32.1 Å². The smallest absolute Gasteiger partial charge is 0.258 e. The van der Waals surface area contributed by atoms with Gasteiger partial charge in [0.25, 0.3) is 5.91 Å². The molecule has 126 valence electrons. The number of carbonyl (C=O) groups excluding carboxylic acids is 2. The first-order valence-electron chi connectivity index (χ1n) is 7.95. The van der Waals surface area contributed by atoms with Crippen molar-refractivity contribution in [2.75, 3.05) is 5.32 Å². The van der Waals surface area contributed by atoms with E-state index in [-0.39, 0.29) is 17.1 Å². The van der Waals surface area contributed by atoms with Crippen LogP contribution in [-0.2, 0) is 11.8 Å². The van der Waals surface area contributed by atoms with Crippen LogP contribution < -0.4 is 5.32 Å². The molecule has 3 rings (SSSR count). The van der Waals surface area contributed by atoms with Gasteiger partial charge >= 0.3 is 0 Å². The van der Waals surface area contributed by atoms with E-state index in [1.807, 2.05) is 27.7 Å². The van der Waals surface area contributed by atoms with E-state index >= 15 is 0 Å². The van der Waals surface area contributed by atoms with Crippen molar-refractivity contribution in [1.82, 2.24) is 15.2 Å². The minimum absolute atomic E-state index is 0.0125. The first kappa shape index (κ1) is 16.7. The summed E-state index contributed by atoms with van der Waals surface area (Å²) < 4.78 is 0. The molecule has 7 heteroatoms. The lowest BCUT2D eigenvalue weighted by Gasteiger charge is -2.17. The molecule has 1 aliphatic rings. The van der Waals surface area contributed by atoms with Crippen LogP contribution in [0.4, 0.5) is 5.13 Å². The molecular weight excluding hydrogens is 324 g/mol. The van der Waals surface area contributed by atoms with Crippen molar-refractivity contribution >= 4 is 28.2 Å². The Kier molecular flexibility index (Phi) is 4.21. The van der Waals surface area contributed by atoms with Gasteiger partial charge in [-0.3, -0.25) is 19.9 Å². The quantitative estimate of drug-likeness (QED) is 0.903. The predicted molar refractivity (Wildman–Crippen MR) is 92.8 cm³/mol. The molecule has 1 aliphatic carbocycles. The van der Waals surface area contributed by atoms with Gasteiger partial charge in [0.2, 0.25) is 5.13 Å². The highest BCUT2D eigenvalue weighted by molar-refractivity contribution is 7.15. The van der Waals surface area contributed by atoms with Crippen molar-refractivity contribution < 1.29 is 9.59 Å². The van der Waals surface area contributed by atoms with Crippen LogP contribution in [0, 0.1) is 6.92 Å². The third-order valence-corrected chi connectivity index (χ3v) is 5.11. The monoisotopic (exact) mass is 344 g/mol. The Labute approximate surface area is 144 Å². The Morgan fingerprint density at radius 2 is 2.00 bits per heavy atom. The lowest BCUT2D eigenvalue weighted by Crippen LogP contribution is -2.22. The van der Waals surface area contributed by atoms with Crippen molar-refractivity contribution in [2.24, 2.45) is 0 Å². The number of fused-ring (bicyclic) bond motifs is 1. The molecule has 24 heavy (non-hydrogen) atoms. The molecule has 0 atom stereocenters. The molecule has 0 saturated carbocycles. The minimum atomic E-state index is -0.330. The first-order valence-corrected chi connectivity index (χ1v) is 8.76. The van der Waals surface area contributed by atoms with E-state index in [4.69, 9.17) is 0 Å². The summed E-state index contributed by atoms with van der Waals surface area (Å²) in [7, 11) is 0. The number of nitrogens with zero attached hydrogens (tertiary/aromatic N) is 3. The van der Waals surface area contributed by atoms with E-state index in [1.54, 1.807) is 6.07 Å². The van der Waals surface area contributed by atoms with Gasteiger partial charge in [0.05, 0.1) is 16.8 Å². The van der Waals surface area contributed by atoms with Gasteiger partial charge in [0, 0.05) is 17.5 Å². The second kappa shape index (κ2) is 6.05. The number of amides is 1. The first-order chi connectivity index (χ1) is 11.3. The average molecular weight is 344 g/mol. The van der Waals surface area contributed by atoms with Gasteiger partial charge in [-0.05, 0) is 25.8 Å². The van der Waals surface area contributed by atoms with E-state index in [0.717, 1.165) is 29.2 Å². The lowest BCUT2D eigenvalue weighted by molar-refractivity contribution is 0.0954.